The maximum atomic E-state index is 13.1. The normalized spacial score (nSPS) is 45.5. The van der Waals surface area contributed by atoms with Gasteiger partial charge in [0.2, 0.25) is 5.95 Å². The van der Waals surface area contributed by atoms with Gasteiger partial charge >= 0.3 is 0 Å². The fourth-order valence-electron chi connectivity index (χ4n) is 9.36. The Morgan fingerprint density at radius 3 is 2.58 bits per heavy atom. The molecule has 1 aromatic rings. The third-order valence-corrected chi connectivity index (χ3v) is 11.1. The number of rotatable bonds is 4. The highest BCUT2D eigenvalue weighted by atomic mass is 19.1. The van der Waals surface area contributed by atoms with Crippen molar-refractivity contribution in [1.29, 1.82) is 0 Å². The predicted octanol–water partition coefficient (Wildman–Crippen LogP) is 6.81. The fraction of sp³-hybridized carbons (Fsp3) is 0.821. The number of pyridine rings is 1. The van der Waals surface area contributed by atoms with Crippen LogP contribution in [0.1, 0.15) is 90.5 Å². The standard InChI is InChI=1S/C28H42FNO/c1-18(4-5-19-6-11-26(29)30-17-19)23-9-10-24-22-8-7-20-16-21(31)12-14-27(20,2)25(22)13-15-28(23,24)3/h6,11,17-18,20-25,31H,4-5,7-10,12-16H2,1-3H3. The lowest BCUT2D eigenvalue weighted by Gasteiger charge is -2.61. The zero-order valence-electron chi connectivity index (χ0n) is 19.8. The molecule has 31 heavy (non-hydrogen) atoms. The van der Waals surface area contributed by atoms with Crippen LogP contribution in [0.4, 0.5) is 4.39 Å². The van der Waals surface area contributed by atoms with Crippen molar-refractivity contribution in [2.75, 3.05) is 0 Å². The van der Waals surface area contributed by atoms with E-state index in [0.29, 0.717) is 16.7 Å². The molecule has 0 spiro atoms. The molecule has 9 atom stereocenters. The van der Waals surface area contributed by atoms with Crippen molar-refractivity contribution in [3.8, 4) is 0 Å². The molecule has 3 heteroatoms. The number of aliphatic hydroxyl groups excluding tert-OH is 1. The minimum atomic E-state index is -0.379. The lowest BCUT2D eigenvalue weighted by Crippen LogP contribution is -2.54. The molecule has 5 rings (SSSR count). The van der Waals surface area contributed by atoms with Crippen molar-refractivity contribution in [3.05, 3.63) is 29.8 Å². The minimum absolute atomic E-state index is 0.0449. The van der Waals surface area contributed by atoms with E-state index in [4.69, 9.17) is 0 Å². The molecule has 9 unspecified atom stereocenters. The monoisotopic (exact) mass is 427 g/mol. The van der Waals surface area contributed by atoms with Crippen LogP contribution in [-0.2, 0) is 6.42 Å². The maximum absolute atomic E-state index is 13.1. The van der Waals surface area contributed by atoms with E-state index < -0.39 is 0 Å². The molecule has 4 aliphatic carbocycles. The highest BCUT2D eigenvalue weighted by molar-refractivity contribution is 5.12. The van der Waals surface area contributed by atoms with Crippen LogP contribution in [0, 0.1) is 52.3 Å². The summed E-state index contributed by atoms with van der Waals surface area (Å²) in [6.45, 7) is 7.71. The lowest BCUT2D eigenvalue weighted by molar-refractivity contribution is -0.129. The second-order valence-corrected chi connectivity index (χ2v) is 12.3. The minimum Gasteiger partial charge on any atom is -0.393 e. The van der Waals surface area contributed by atoms with Crippen molar-refractivity contribution < 1.29 is 9.50 Å². The Morgan fingerprint density at radius 2 is 1.81 bits per heavy atom. The molecular formula is C28H42FNO. The van der Waals surface area contributed by atoms with Crippen LogP contribution in [0.3, 0.4) is 0 Å². The molecule has 0 saturated heterocycles. The molecule has 0 aliphatic heterocycles. The molecule has 4 saturated carbocycles. The van der Waals surface area contributed by atoms with Gasteiger partial charge in [0.25, 0.3) is 0 Å². The molecule has 0 amide bonds. The van der Waals surface area contributed by atoms with Crippen LogP contribution in [0.5, 0.6) is 0 Å². The Morgan fingerprint density at radius 1 is 1.03 bits per heavy atom. The van der Waals surface area contributed by atoms with Gasteiger partial charge in [0.1, 0.15) is 0 Å². The molecule has 2 nitrogen and oxygen atoms in total. The van der Waals surface area contributed by atoms with Gasteiger partial charge in [-0.3, -0.25) is 0 Å². The SMILES string of the molecule is CC(CCc1ccc(F)nc1)C1CCC2C3CCC4CC(O)CCC4(C)C3CCC12C. The number of halogens is 1. The second kappa shape index (κ2) is 8.12. The van der Waals surface area contributed by atoms with Crippen molar-refractivity contribution in [2.45, 2.75) is 97.5 Å². The summed E-state index contributed by atoms with van der Waals surface area (Å²) >= 11 is 0. The van der Waals surface area contributed by atoms with Crippen LogP contribution < -0.4 is 0 Å². The Kier molecular flexibility index (Phi) is 5.72. The van der Waals surface area contributed by atoms with Gasteiger partial charge in [-0.15, -0.1) is 0 Å². The number of fused-ring (bicyclic) bond motifs is 5. The molecule has 4 fully saturated rings. The first-order valence-electron chi connectivity index (χ1n) is 13.1. The van der Waals surface area contributed by atoms with Gasteiger partial charge in [-0.25, -0.2) is 4.98 Å². The third kappa shape index (κ3) is 3.67. The quantitative estimate of drug-likeness (QED) is 0.535. The Bertz CT molecular complexity index is 780. The summed E-state index contributed by atoms with van der Waals surface area (Å²) in [6, 6.07) is 3.40. The maximum Gasteiger partial charge on any atom is 0.212 e. The van der Waals surface area contributed by atoms with Gasteiger partial charge in [0.05, 0.1) is 6.10 Å². The van der Waals surface area contributed by atoms with Crippen molar-refractivity contribution >= 4 is 0 Å². The summed E-state index contributed by atoms with van der Waals surface area (Å²) < 4.78 is 13.1. The van der Waals surface area contributed by atoms with Crippen molar-refractivity contribution in [1.82, 2.24) is 4.98 Å². The first-order chi connectivity index (χ1) is 14.8. The summed E-state index contributed by atoms with van der Waals surface area (Å²) in [7, 11) is 0. The number of aliphatic hydroxyl groups is 1. The van der Waals surface area contributed by atoms with Crippen LogP contribution in [0.25, 0.3) is 0 Å². The molecule has 1 aromatic heterocycles. The zero-order chi connectivity index (χ0) is 21.8. The average molecular weight is 428 g/mol. The zero-order valence-corrected chi connectivity index (χ0v) is 19.8. The number of aromatic nitrogens is 1. The first kappa shape index (κ1) is 21.9. The van der Waals surface area contributed by atoms with Crippen LogP contribution in [-0.4, -0.2) is 16.2 Å². The van der Waals surface area contributed by atoms with Crippen molar-refractivity contribution in [3.63, 3.8) is 0 Å². The number of hydrogen-bond donors (Lipinski definition) is 1. The molecule has 1 N–H and O–H groups in total. The fourth-order valence-corrected chi connectivity index (χ4v) is 9.36. The summed E-state index contributed by atoms with van der Waals surface area (Å²) in [5.41, 5.74) is 2.14. The summed E-state index contributed by atoms with van der Waals surface area (Å²) in [5.74, 6) is 4.61. The summed E-state index contributed by atoms with van der Waals surface area (Å²) in [4.78, 5) is 3.84. The Labute approximate surface area is 188 Å². The molecular weight excluding hydrogens is 385 g/mol. The molecule has 1 heterocycles. The van der Waals surface area contributed by atoms with Gasteiger partial charge in [-0.2, -0.15) is 4.39 Å². The summed E-state index contributed by atoms with van der Waals surface area (Å²) in [6.07, 6.45) is 15.6. The van der Waals surface area contributed by atoms with Gasteiger partial charge in [0, 0.05) is 6.20 Å². The summed E-state index contributed by atoms with van der Waals surface area (Å²) in [5, 5.41) is 10.3. The van der Waals surface area contributed by atoms with Crippen LogP contribution >= 0.6 is 0 Å². The second-order valence-electron chi connectivity index (χ2n) is 12.3. The molecule has 4 aliphatic rings. The highest BCUT2D eigenvalue weighted by Crippen LogP contribution is 2.68. The number of hydrogen-bond acceptors (Lipinski definition) is 2. The number of nitrogens with zero attached hydrogens (tertiary/aromatic N) is 1. The van der Waals surface area contributed by atoms with E-state index >= 15 is 0 Å². The smallest absolute Gasteiger partial charge is 0.212 e. The molecule has 0 radical (unpaired) electrons. The Hall–Kier alpha value is -0.960. The van der Waals surface area contributed by atoms with E-state index in [0.717, 1.165) is 48.9 Å². The first-order valence-corrected chi connectivity index (χ1v) is 13.1. The van der Waals surface area contributed by atoms with E-state index in [2.05, 4.69) is 25.8 Å². The average Bonchev–Trinajstić information content (AvgIpc) is 3.11. The van der Waals surface area contributed by atoms with E-state index in [9.17, 15) is 9.50 Å². The van der Waals surface area contributed by atoms with E-state index in [1.807, 2.05) is 6.07 Å². The van der Waals surface area contributed by atoms with Gasteiger partial charge in [-0.1, -0.05) is 26.8 Å². The molecule has 0 aromatic carbocycles. The van der Waals surface area contributed by atoms with E-state index in [1.54, 1.807) is 6.20 Å². The Balaban J connectivity index is 1.28. The highest BCUT2D eigenvalue weighted by Gasteiger charge is 2.60. The van der Waals surface area contributed by atoms with E-state index in [-0.39, 0.29) is 12.1 Å². The topological polar surface area (TPSA) is 33.1 Å². The van der Waals surface area contributed by atoms with Gasteiger partial charge < -0.3 is 5.11 Å². The molecule has 0 bridgehead atoms. The van der Waals surface area contributed by atoms with E-state index in [1.165, 1.54) is 63.0 Å². The molecule has 172 valence electrons. The largest absolute Gasteiger partial charge is 0.393 e. The van der Waals surface area contributed by atoms with Gasteiger partial charge in [-0.05, 0) is 129 Å². The number of aryl methyl sites for hydroxylation is 1. The van der Waals surface area contributed by atoms with Gasteiger partial charge in [0.15, 0.2) is 0 Å². The third-order valence-electron chi connectivity index (χ3n) is 11.1. The van der Waals surface area contributed by atoms with Crippen LogP contribution in [0.15, 0.2) is 18.3 Å². The van der Waals surface area contributed by atoms with Crippen molar-refractivity contribution in [2.24, 2.45) is 46.3 Å². The van der Waals surface area contributed by atoms with Crippen LogP contribution in [0.2, 0.25) is 0 Å². The lowest BCUT2D eigenvalue weighted by atomic mass is 9.44. The predicted molar refractivity (Wildman–Crippen MR) is 123 cm³/mol.